The van der Waals surface area contributed by atoms with Crippen molar-refractivity contribution in [2.24, 2.45) is 0 Å². The molecule has 0 amide bonds. The first-order valence-electron chi connectivity index (χ1n) is 5.29. The van der Waals surface area contributed by atoms with Gasteiger partial charge in [-0.1, -0.05) is 11.6 Å². The lowest BCUT2D eigenvalue weighted by molar-refractivity contribution is 0.170. The van der Waals surface area contributed by atoms with Crippen LogP contribution in [0.3, 0.4) is 0 Å². The SMILES string of the molecule is Cc1cc(Cl)cc(C)c1CNC(CO)CO. The second kappa shape index (κ2) is 6.21. The summed E-state index contributed by atoms with van der Waals surface area (Å²) >= 11 is 5.94. The van der Waals surface area contributed by atoms with Gasteiger partial charge in [0.2, 0.25) is 0 Å². The van der Waals surface area contributed by atoms with E-state index in [2.05, 4.69) is 5.32 Å². The van der Waals surface area contributed by atoms with E-state index < -0.39 is 0 Å². The summed E-state index contributed by atoms with van der Waals surface area (Å²) in [5, 5.41) is 21.7. The predicted octanol–water partition coefficient (Wildman–Crippen LogP) is 1.40. The number of hydrogen-bond acceptors (Lipinski definition) is 3. The molecule has 0 aliphatic rings. The van der Waals surface area contributed by atoms with Crippen molar-refractivity contribution < 1.29 is 10.2 Å². The lowest BCUT2D eigenvalue weighted by Crippen LogP contribution is -2.35. The number of aryl methyl sites for hydroxylation is 2. The molecule has 0 fully saturated rings. The molecule has 1 aromatic rings. The highest BCUT2D eigenvalue weighted by molar-refractivity contribution is 6.30. The van der Waals surface area contributed by atoms with Crippen LogP contribution in [0.1, 0.15) is 16.7 Å². The molecule has 1 rings (SSSR count). The van der Waals surface area contributed by atoms with Gasteiger partial charge in [-0.05, 0) is 42.7 Å². The summed E-state index contributed by atoms with van der Waals surface area (Å²) in [5.41, 5.74) is 3.40. The van der Waals surface area contributed by atoms with E-state index in [-0.39, 0.29) is 19.3 Å². The molecule has 0 spiro atoms. The lowest BCUT2D eigenvalue weighted by atomic mass is 10.0. The Kier molecular flexibility index (Phi) is 5.22. The first kappa shape index (κ1) is 13.5. The molecule has 4 heteroatoms. The van der Waals surface area contributed by atoms with Gasteiger partial charge in [0.25, 0.3) is 0 Å². The van der Waals surface area contributed by atoms with E-state index in [4.69, 9.17) is 21.8 Å². The molecule has 3 N–H and O–H groups in total. The van der Waals surface area contributed by atoms with Crippen LogP contribution < -0.4 is 5.32 Å². The maximum Gasteiger partial charge on any atom is 0.0607 e. The van der Waals surface area contributed by atoms with Gasteiger partial charge < -0.3 is 15.5 Å². The van der Waals surface area contributed by atoms with Gasteiger partial charge in [0.05, 0.1) is 19.3 Å². The van der Waals surface area contributed by atoms with Crippen LogP contribution >= 0.6 is 11.6 Å². The van der Waals surface area contributed by atoms with E-state index in [0.717, 1.165) is 21.7 Å². The number of halogens is 1. The third kappa shape index (κ3) is 3.46. The summed E-state index contributed by atoms with van der Waals surface area (Å²) in [4.78, 5) is 0. The van der Waals surface area contributed by atoms with Crippen molar-refractivity contribution in [1.29, 1.82) is 0 Å². The highest BCUT2D eigenvalue weighted by atomic mass is 35.5. The van der Waals surface area contributed by atoms with Crippen LogP contribution in [0.2, 0.25) is 5.02 Å². The Labute approximate surface area is 101 Å². The summed E-state index contributed by atoms with van der Waals surface area (Å²) < 4.78 is 0. The Bertz CT molecular complexity index is 328. The fraction of sp³-hybridized carbons (Fsp3) is 0.500. The zero-order chi connectivity index (χ0) is 12.1. The number of benzene rings is 1. The van der Waals surface area contributed by atoms with E-state index in [1.807, 2.05) is 26.0 Å². The van der Waals surface area contributed by atoms with E-state index in [9.17, 15) is 0 Å². The van der Waals surface area contributed by atoms with Crippen LogP contribution in [0, 0.1) is 13.8 Å². The quantitative estimate of drug-likeness (QED) is 0.733. The number of hydrogen-bond donors (Lipinski definition) is 3. The van der Waals surface area contributed by atoms with Gasteiger partial charge in [-0.25, -0.2) is 0 Å². The molecule has 0 saturated carbocycles. The predicted molar refractivity (Wildman–Crippen MR) is 65.7 cm³/mol. The topological polar surface area (TPSA) is 52.5 Å². The minimum Gasteiger partial charge on any atom is -0.395 e. The molecule has 0 heterocycles. The minimum atomic E-state index is -0.269. The lowest BCUT2D eigenvalue weighted by Gasteiger charge is -2.16. The van der Waals surface area contributed by atoms with Crippen LogP contribution in [0.15, 0.2) is 12.1 Å². The zero-order valence-electron chi connectivity index (χ0n) is 9.63. The van der Waals surface area contributed by atoms with Crippen molar-refractivity contribution in [2.45, 2.75) is 26.4 Å². The average Bonchev–Trinajstić information content (AvgIpc) is 2.22. The first-order chi connectivity index (χ1) is 7.58. The van der Waals surface area contributed by atoms with Crippen LogP contribution in [-0.2, 0) is 6.54 Å². The van der Waals surface area contributed by atoms with E-state index in [0.29, 0.717) is 6.54 Å². The maximum atomic E-state index is 8.94. The summed E-state index contributed by atoms with van der Waals surface area (Å²) in [6, 6.07) is 3.56. The first-order valence-corrected chi connectivity index (χ1v) is 5.67. The molecule has 0 aliphatic heterocycles. The van der Waals surface area contributed by atoms with Crippen molar-refractivity contribution in [3.63, 3.8) is 0 Å². The smallest absolute Gasteiger partial charge is 0.0607 e. The molecule has 0 aromatic heterocycles. The number of aliphatic hydroxyl groups excluding tert-OH is 2. The Hall–Kier alpha value is -0.610. The molecule has 90 valence electrons. The molecule has 16 heavy (non-hydrogen) atoms. The number of rotatable bonds is 5. The largest absolute Gasteiger partial charge is 0.395 e. The van der Waals surface area contributed by atoms with Gasteiger partial charge >= 0.3 is 0 Å². The fourth-order valence-corrected chi connectivity index (χ4v) is 1.98. The van der Waals surface area contributed by atoms with Crippen molar-refractivity contribution in [2.75, 3.05) is 13.2 Å². The van der Waals surface area contributed by atoms with Crippen molar-refractivity contribution in [3.8, 4) is 0 Å². The zero-order valence-corrected chi connectivity index (χ0v) is 10.4. The van der Waals surface area contributed by atoms with Gasteiger partial charge in [0.15, 0.2) is 0 Å². The molecule has 0 radical (unpaired) electrons. The summed E-state index contributed by atoms with van der Waals surface area (Å²) in [6.45, 7) is 4.50. The van der Waals surface area contributed by atoms with Crippen molar-refractivity contribution >= 4 is 11.6 Å². The van der Waals surface area contributed by atoms with Gasteiger partial charge in [-0.3, -0.25) is 0 Å². The minimum absolute atomic E-state index is 0.0673. The van der Waals surface area contributed by atoms with Gasteiger partial charge in [0.1, 0.15) is 0 Å². The molecule has 1 aromatic carbocycles. The third-order valence-electron chi connectivity index (χ3n) is 2.67. The fourth-order valence-electron chi connectivity index (χ4n) is 1.65. The van der Waals surface area contributed by atoms with Crippen LogP contribution in [0.4, 0.5) is 0 Å². The molecular formula is C12H18ClNO2. The van der Waals surface area contributed by atoms with Gasteiger partial charge in [-0.2, -0.15) is 0 Å². The maximum absolute atomic E-state index is 8.94. The molecular weight excluding hydrogens is 226 g/mol. The van der Waals surface area contributed by atoms with Crippen LogP contribution in [0.5, 0.6) is 0 Å². The number of nitrogens with one attached hydrogen (secondary N) is 1. The molecule has 3 nitrogen and oxygen atoms in total. The molecule has 0 bridgehead atoms. The summed E-state index contributed by atoms with van der Waals surface area (Å²) in [7, 11) is 0. The average molecular weight is 244 g/mol. The standard InChI is InChI=1S/C12H18ClNO2/c1-8-3-10(13)4-9(2)12(8)5-14-11(6-15)7-16/h3-4,11,14-16H,5-7H2,1-2H3. The molecule has 0 unspecified atom stereocenters. The van der Waals surface area contributed by atoms with Crippen molar-refractivity contribution in [1.82, 2.24) is 5.32 Å². The summed E-state index contributed by atoms with van der Waals surface area (Å²) in [6.07, 6.45) is 0. The normalized spacial score (nSPS) is 11.1. The Balaban J connectivity index is 2.74. The Morgan fingerprint density at radius 2 is 1.69 bits per heavy atom. The second-order valence-electron chi connectivity index (χ2n) is 3.96. The monoisotopic (exact) mass is 243 g/mol. The van der Waals surface area contributed by atoms with E-state index >= 15 is 0 Å². The Morgan fingerprint density at radius 3 is 2.12 bits per heavy atom. The Morgan fingerprint density at radius 1 is 1.19 bits per heavy atom. The van der Waals surface area contributed by atoms with Gasteiger partial charge in [0, 0.05) is 11.6 Å². The highest BCUT2D eigenvalue weighted by Crippen LogP contribution is 2.19. The molecule has 0 atom stereocenters. The highest BCUT2D eigenvalue weighted by Gasteiger charge is 2.08. The van der Waals surface area contributed by atoms with E-state index in [1.165, 1.54) is 0 Å². The molecule has 0 aliphatic carbocycles. The second-order valence-corrected chi connectivity index (χ2v) is 4.40. The summed E-state index contributed by atoms with van der Waals surface area (Å²) in [5.74, 6) is 0. The van der Waals surface area contributed by atoms with Gasteiger partial charge in [-0.15, -0.1) is 0 Å². The third-order valence-corrected chi connectivity index (χ3v) is 2.89. The van der Waals surface area contributed by atoms with Crippen LogP contribution in [-0.4, -0.2) is 29.5 Å². The van der Waals surface area contributed by atoms with Crippen molar-refractivity contribution in [3.05, 3.63) is 33.8 Å². The molecule has 0 saturated heterocycles. The van der Waals surface area contributed by atoms with Crippen LogP contribution in [0.25, 0.3) is 0 Å². The number of aliphatic hydroxyl groups is 2. The van der Waals surface area contributed by atoms with E-state index in [1.54, 1.807) is 0 Å².